The van der Waals surface area contributed by atoms with Gasteiger partial charge in [-0.15, -0.1) is 0 Å². The molecule has 0 saturated heterocycles. The number of rotatable bonds is 2. The van der Waals surface area contributed by atoms with Gasteiger partial charge in [0.2, 0.25) is 0 Å². The maximum Gasteiger partial charge on any atom is 0.412 e. The molecule has 0 saturated carbocycles. The molecule has 0 radical (unpaired) electrons. The number of aromatic nitrogens is 3. The van der Waals surface area contributed by atoms with Crippen LogP contribution in [0.25, 0.3) is 16.7 Å². The largest absolute Gasteiger partial charge is 0.444 e. The number of carbonyl (C=O) groups is 1. The number of ether oxygens (including phenoxy) is 1. The smallest absolute Gasteiger partial charge is 0.412 e. The molecule has 2 aromatic heterocycles. The molecule has 0 aliphatic heterocycles. The van der Waals surface area contributed by atoms with E-state index in [9.17, 15) is 10.1 Å². The summed E-state index contributed by atoms with van der Waals surface area (Å²) >= 11 is 0. The van der Waals surface area contributed by atoms with Gasteiger partial charge < -0.3 is 4.74 Å². The van der Waals surface area contributed by atoms with E-state index < -0.39 is 11.7 Å². The van der Waals surface area contributed by atoms with Gasteiger partial charge in [0, 0.05) is 0 Å². The monoisotopic (exact) mass is 349 g/mol. The van der Waals surface area contributed by atoms with E-state index in [1.54, 1.807) is 25.5 Å². The van der Waals surface area contributed by atoms with Crippen molar-refractivity contribution in [2.75, 3.05) is 5.32 Å². The van der Waals surface area contributed by atoms with Gasteiger partial charge in [-0.1, -0.05) is 18.2 Å². The fourth-order valence-electron chi connectivity index (χ4n) is 2.61. The number of hydrogen-bond acceptors (Lipinski definition) is 5. The van der Waals surface area contributed by atoms with E-state index in [1.165, 1.54) is 6.07 Å². The lowest BCUT2D eigenvalue weighted by Crippen LogP contribution is -2.27. The SMILES string of the molecule is Cc1nn(-c2ccccc2)c2nc(C#N)cc(NC(=O)OC(C)(C)C)c12. The number of anilines is 1. The molecule has 0 bridgehead atoms. The molecule has 132 valence electrons. The fraction of sp³-hybridized carbons (Fsp3) is 0.263. The Morgan fingerprint density at radius 1 is 1.27 bits per heavy atom. The number of aryl methyl sites for hydroxylation is 1. The van der Waals surface area contributed by atoms with Gasteiger partial charge in [0.1, 0.15) is 17.4 Å². The molecule has 3 rings (SSSR count). The first-order chi connectivity index (χ1) is 12.3. The predicted octanol–water partition coefficient (Wildman–Crippen LogP) is 3.95. The number of carbonyl (C=O) groups excluding carboxylic acids is 1. The van der Waals surface area contributed by atoms with Crippen molar-refractivity contribution in [3.05, 3.63) is 47.8 Å². The normalized spacial score (nSPS) is 11.2. The van der Waals surface area contributed by atoms with Crippen LogP contribution in [0.4, 0.5) is 10.5 Å². The molecule has 0 atom stereocenters. The zero-order valence-electron chi connectivity index (χ0n) is 15.1. The Morgan fingerprint density at radius 3 is 2.58 bits per heavy atom. The van der Waals surface area contributed by atoms with Crippen LogP contribution in [-0.4, -0.2) is 26.5 Å². The van der Waals surface area contributed by atoms with Crippen molar-refractivity contribution < 1.29 is 9.53 Å². The Labute approximate surface area is 151 Å². The quantitative estimate of drug-likeness (QED) is 0.756. The lowest BCUT2D eigenvalue weighted by atomic mass is 10.2. The standard InChI is InChI=1S/C19H19N5O2/c1-12-16-15(22-18(25)26-19(2,3)4)10-13(11-20)21-17(16)24(23-12)14-8-6-5-7-9-14/h5-10H,1-4H3,(H,21,22,25). The van der Waals surface area contributed by atoms with Crippen molar-refractivity contribution in [2.24, 2.45) is 0 Å². The number of nitriles is 1. The summed E-state index contributed by atoms with van der Waals surface area (Å²) < 4.78 is 6.97. The van der Waals surface area contributed by atoms with Crippen molar-refractivity contribution >= 4 is 22.8 Å². The van der Waals surface area contributed by atoms with Crippen LogP contribution in [0, 0.1) is 18.3 Å². The maximum atomic E-state index is 12.2. The molecular weight excluding hydrogens is 330 g/mol. The third kappa shape index (κ3) is 3.49. The van der Waals surface area contributed by atoms with Crippen LogP contribution in [-0.2, 0) is 4.74 Å². The van der Waals surface area contributed by atoms with Crippen LogP contribution >= 0.6 is 0 Å². The Balaban J connectivity index is 2.14. The van der Waals surface area contributed by atoms with E-state index in [1.807, 2.05) is 43.3 Å². The van der Waals surface area contributed by atoms with Gasteiger partial charge >= 0.3 is 6.09 Å². The summed E-state index contributed by atoms with van der Waals surface area (Å²) in [6.07, 6.45) is -0.597. The van der Waals surface area contributed by atoms with Gasteiger partial charge in [0.05, 0.1) is 22.5 Å². The summed E-state index contributed by atoms with van der Waals surface area (Å²) in [7, 11) is 0. The first-order valence-electron chi connectivity index (χ1n) is 8.14. The van der Waals surface area contributed by atoms with Crippen molar-refractivity contribution in [1.82, 2.24) is 14.8 Å². The molecule has 0 aliphatic rings. The molecule has 7 nitrogen and oxygen atoms in total. The zero-order valence-corrected chi connectivity index (χ0v) is 15.1. The van der Waals surface area contributed by atoms with Crippen LogP contribution in [0.2, 0.25) is 0 Å². The maximum absolute atomic E-state index is 12.2. The Kier molecular flexibility index (Phi) is 4.34. The van der Waals surface area contributed by atoms with Crippen LogP contribution in [0.15, 0.2) is 36.4 Å². The minimum Gasteiger partial charge on any atom is -0.444 e. The Hall–Kier alpha value is -3.40. The number of nitrogens with zero attached hydrogens (tertiary/aromatic N) is 4. The topological polar surface area (TPSA) is 92.8 Å². The first kappa shape index (κ1) is 17.4. The van der Waals surface area contributed by atoms with Gasteiger partial charge in [-0.25, -0.2) is 14.5 Å². The third-order valence-electron chi connectivity index (χ3n) is 3.56. The summed E-state index contributed by atoms with van der Waals surface area (Å²) in [5.74, 6) is 0. The second-order valence-corrected chi connectivity index (χ2v) is 6.83. The molecular formula is C19H19N5O2. The van der Waals surface area contributed by atoms with Gasteiger partial charge in [-0.3, -0.25) is 5.32 Å². The highest BCUT2D eigenvalue weighted by atomic mass is 16.6. The molecule has 7 heteroatoms. The Morgan fingerprint density at radius 2 is 1.96 bits per heavy atom. The number of para-hydroxylation sites is 1. The average molecular weight is 349 g/mol. The molecule has 0 unspecified atom stereocenters. The van der Waals surface area contributed by atoms with Gasteiger partial charge in [0.25, 0.3) is 0 Å². The van der Waals surface area contributed by atoms with Gasteiger partial charge in [0.15, 0.2) is 5.65 Å². The third-order valence-corrected chi connectivity index (χ3v) is 3.56. The van der Waals surface area contributed by atoms with E-state index in [-0.39, 0.29) is 5.69 Å². The number of fused-ring (bicyclic) bond motifs is 1. The van der Waals surface area contributed by atoms with Crippen LogP contribution in [0.3, 0.4) is 0 Å². The average Bonchev–Trinajstić information content (AvgIpc) is 2.91. The van der Waals surface area contributed by atoms with Gasteiger partial charge in [-0.05, 0) is 45.9 Å². The second-order valence-electron chi connectivity index (χ2n) is 6.83. The number of amides is 1. The summed E-state index contributed by atoms with van der Waals surface area (Å²) in [4.78, 5) is 16.6. The highest BCUT2D eigenvalue weighted by Crippen LogP contribution is 2.28. The second kappa shape index (κ2) is 6.48. The molecule has 1 N–H and O–H groups in total. The van der Waals surface area contributed by atoms with E-state index in [0.29, 0.717) is 22.4 Å². The number of nitrogens with one attached hydrogen (secondary N) is 1. The summed E-state index contributed by atoms with van der Waals surface area (Å²) in [5, 5.41) is 17.2. The zero-order chi connectivity index (χ0) is 18.9. The highest BCUT2D eigenvalue weighted by molar-refractivity contribution is 5.99. The summed E-state index contributed by atoms with van der Waals surface area (Å²) in [5.41, 5.74) is 2.00. The lowest BCUT2D eigenvalue weighted by Gasteiger charge is -2.20. The molecule has 0 spiro atoms. The molecule has 26 heavy (non-hydrogen) atoms. The Bertz CT molecular complexity index is 1010. The number of hydrogen-bond donors (Lipinski definition) is 1. The number of pyridine rings is 1. The van der Waals surface area contributed by atoms with Gasteiger partial charge in [-0.2, -0.15) is 10.4 Å². The molecule has 0 aliphatic carbocycles. The minimum absolute atomic E-state index is 0.181. The summed E-state index contributed by atoms with van der Waals surface area (Å²) in [6, 6.07) is 13.0. The van der Waals surface area contributed by atoms with Crippen LogP contribution in [0.1, 0.15) is 32.2 Å². The van der Waals surface area contributed by atoms with E-state index in [4.69, 9.17) is 4.74 Å². The van der Waals surface area contributed by atoms with Crippen molar-refractivity contribution in [3.8, 4) is 11.8 Å². The molecule has 2 heterocycles. The van der Waals surface area contributed by atoms with Crippen molar-refractivity contribution in [1.29, 1.82) is 5.26 Å². The fourth-order valence-corrected chi connectivity index (χ4v) is 2.61. The lowest BCUT2D eigenvalue weighted by molar-refractivity contribution is 0.0636. The molecule has 3 aromatic rings. The van der Waals surface area contributed by atoms with Crippen molar-refractivity contribution in [3.63, 3.8) is 0 Å². The van der Waals surface area contributed by atoms with E-state index >= 15 is 0 Å². The first-order valence-corrected chi connectivity index (χ1v) is 8.14. The summed E-state index contributed by atoms with van der Waals surface area (Å²) in [6.45, 7) is 7.19. The number of benzene rings is 1. The molecule has 1 amide bonds. The minimum atomic E-state index is -0.627. The van der Waals surface area contributed by atoms with Crippen molar-refractivity contribution in [2.45, 2.75) is 33.3 Å². The highest BCUT2D eigenvalue weighted by Gasteiger charge is 2.20. The predicted molar refractivity (Wildman–Crippen MR) is 98.2 cm³/mol. The van der Waals surface area contributed by atoms with E-state index in [2.05, 4.69) is 15.4 Å². The van der Waals surface area contributed by atoms with Crippen LogP contribution < -0.4 is 5.32 Å². The molecule has 1 aromatic carbocycles. The van der Waals surface area contributed by atoms with Crippen LogP contribution in [0.5, 0.6) is 0 Å². The van der Waals surface area contributed by atoms with E-state index in [0.717, 1.165) is 5.69 Å². The molecule has 0 fully saturated rings.